The average molecular weight is 263 g/mol. The highest BCUT2D eigenvalue weighted by atomic mass is 15.2. The summed E-state index contributed by atoms with van der Waals surface area (Å²) in [5.41, 5.74) is 1.07. The van der Waals surface area contributed by atoms with Gasteiger partial charge in [-0.2, -0.15) is 0 Å². The lowest BCUT2D eigenvalue weighted by Crippen LogP contribution is -2.50. The minimum Gasteiger partial charge on any atom is -0.355 e. The predicted molar refractivity (Wildman–Crippen MR) is 80.2 cm³/mol. The zero-order valence-corrected chi connectivity index (χ0v) is 12.6. The van der Waals surface area contributed by atoms with Gasteiger partial charge in [0.15, 0.2) is 5.96 Å². The number of hydrogen-bond donors (Lipinski definition) is 2. The number of pyridine rings is 1. The van der Waals surface area contributed by atoms with Crippen LogP contribution in [0, 0.1) is 0 Å². The molecule has 0 aliphatic rings. The van der Waals surface area contributed by atoms with Gasteiger partial charge in [-0.15, -0.1) is 0 Å². The molecule has 0 bridgehead atoms. The molecular weight excluding hydrogens is 238 g/mol. The molecule has 0 aliphatic heterocycles. The number of nitrogens with zero attached hydrogens (tertiary/aromatic N) is 3. The Balaban J connectivity index is 2.43. The van der Waals surface area contributed by atoms with Crippen molar-refractivity contribution in [3.63, 3.8) is 0 Å². The van der Waals surface area contributed by atoms with Crippen LogP contribution in [0.2, 0.25) is 0 Å². The van der Waals surface area contributed by atoms with E-state index in [0.29, 0.717) is 6.54 Å². The largest absolute Gasteiger partial charge is 0.355 e. The molecule has 1 aromatic heterocycles. The van der Waals surface area contributed by atoms with E-state index in [-0.39, 0.29) is 5.54 Å². The van der Waals surface area contributed by atoms with Gasteiger partial charge in [0, 0.05) is 25.3 Å². The number of likely N-dealkylation sites (N-methyl/N-ethyl adjacent to an activating group) is 1. The van der Waals surface area contributed by atoms with Crippen LogP contribution in [0.4, 0.5) is 0 Å². The third-order valence-corrected chi connectivity index (χ3v) is 3.29. The second-order valence-corrected chi connectivity index (χ2v) is 5.31. The molecular formula is C14H25N5. The molecule has 0 radical (unpaired) electrons. The van der Waals surface area contributed by atoms with Crippen molar-refractivity contribution in [2.75, 3.05) is 27.7 Å². The van der Waals surface area contributed by atoms with E-state index in [0.717, 1.165) is 18.2 Å². The first-order chi connectivity index (χ1) is 8.95. The first-order valence-corrected chi connectivity index (χ1v) is 6.47. The Labute approximate surface area is 116 Å². The Morgan fingerprint density at radius 1 is 1.32 bits per heavy atom. The van der Waals surface area contributed by atoms with Gasteiger partial charge in [0.25, 0.3) is 0 Å². The average Bonchev–Trinajstić information content (AvgIpc) is 2.40. The van der Waals surface area contributed by atoms with Gasteiger partial charge >= 0.3 is 0 Å². The summed E-state index contributed by atoms with van der Waals surface area (Å²) in [7, 11) is 5.92. The van der Waals surface area contributed by atoms with Crippen LogP contribution < -0.4 is 10.6 Å². The van der Waals surface area contributed by atoms with E-state index in [2.05, 4.69) is 53.5 Å². The molecule has 1 heterocycles. The van der Waals surface area contributed by atoms with Crippen LogP contribution in [0.5, 0.6) is 0 Å². The van der Waals surface area contributed by atoms with Crippen LogP contribution in [-0.2, 0) is 6.54 Å². The van der Waals surface area contributed by atoms with Crippen LogP contribution in [0.3, 0.4) is 0 Å². The number of guanidine groups is 1. The fourth-order valence-electron chi connectivity index (χ4n) is 1.36. The standard InChI is InChI=1S/C14H25N5/c1-14(2,19(4)5)11-18-13(15-3)17-10-12-8-6-7-9-16-12/h6-9H,10-11H2,1-5H3,(H2,15,17,18). The SMILES string of the molecule is CN=C(NCc1ccccn1)NCC(C)(C)N(C)C. The third kappa shape index (κ3) is 5.26. The lowest BCUT2D eigenvalue weighted by Gasteiger charge is -2.33. The zero-order chi connectivity index (χ0) is 14.3. The molecule has 5 heteroatoms. The Kier molecular flexibility index (Phi) is 5.76. The Morgan fingerprint density at radius 3 is 2.58 bits per heavy atom. The van der Waals surface area contributed by atoms with Gasteiger partial charge in [0.05, 0.1) is 12.2 Å². The summed E-state index contributed by atoms with van der Waals surface area (Å²) in [5.74, 6) is 0.792. The fourth-order valence-corrected chi connectivity index (χ4v) is 1.36. The second kappa shape index (κ2) is 7.09. The number of rotatable bonds is 5. The van der Waals surface area contributed by atoms with Gasteiger partial charge in [-0.25, -0.2) is 0 Å². The van der Waals surface area contributed by atoms with Crippen LogP contribution in [0.25, 0.3) is 0 Å². The van der Waals surface area contributed by atoms with Crippen molar-refractivity contribution in [1.82, 2.24) is 20.5 Å². The molecule has 0 spiro atoms. The monoisotopic (exact) mass is 263 g/mol. The van der Waals surface area contributed by atoms with E-state index in [1.165, 1.54) is 0 Å². The summed E-state index contributed by atoms with van der Waals surface area (Å²) < 4.78 is 0. The minimum atomic E-state index is 0.0720. The highest BCUT2D eigenvalue weighted by Crippen LogP contribution is 2.07. The first-order valence-electron chi connectivity index (χ1n) is 6.47. The molecule has 0 saturated heterocycles. The number of hydrogen-bond acceptors (Lipinski definition) is 3. The van der Waals surface area contributed by atoms with Gasteiger partial charge in [0.1, 0.15) is 0 Å². The topological polar surface area (TPSA) is 52.6 Å². The molecule has 0 atom stereocenters. The molecule has 19 heavy (non-hydrogen) atoms. The number of aliphatic imine (C=N–C) groups is 1. The van der Waals surface area contributed by atoms with Gasteiger partial charge in [0.2, 0.25) is 0 Å². The van der Waals surface area contributed by atoms with Crippen LogP contribution in [0.15, 0.2) is 29.4 Å². The van der Waals surface area contributed by atoms with E-state index < -0.39 is 0 Å². The molecule has 0 aromatic carbocycles. The van der Waals surface area contributed by atoms with E-state index in [1.807, 2.05) is 18.2 Å². The lowest BCUT2D eigenvalue weighted by molar-refractivity contribution is 0.197. The molecule has 0 aliphatic carbocycles. The molecule has 5 nitrogen and oxygen atoms in total. The van der Waals surface area contributed by atoms with Crippen molar-refractivity contribution < 1.29 is 0 Å². The highest BCUT2D eigenvalue weighted by molar-refractivity contribution is 5.79. The maximum atomic E-state index is 4.27. The predicted octanol–water partition coefficient (Wildman–Crippen LogP) is 1.09. The molecule has 0 fully saturated rings. The number of aromatic nitrogens is 1. The summed E-state index contributed by atoms with van der Waals surface area (Å²) in [4.78, 5) is 10.7. The third-order valence-electron chi connectivity index (χ3n) is 3.29. The molecule has 1 rings (SSSR count). The molecule has 0 saturated carbocycles. The summed E-state index contributed by atoms with van der Waals surface area (Å²) in [6.07, 6.45) is 1.79. The van der Waals surface area contributed by atoms with E-state index in [1.54, 1.807) is 13.2 Å². The smallest absolute Gasteiger partial charge is 0.191 e. The molecule has 0 amide bonds. The summed E-state index contributed by atoms with van der Waals surface area (Å²) in [6.45, 7) is 5.86. The highest BCUT2D eigenvalue weighted by Gasteiger charge is 2.20. The summed E-state index contributed by atoms with van der Waals surface area (Å²) >= 11 is 0. The maximum Gasteiger partial charge on any atom is 0.191 e. The fraction of sp³-hybridized carbons (Fsp3) is 0.571. The quantitative estimate of drug-likeness (QED) is 0.617. The van der Waals surface area contributed by atoms with Crippen LogP contribution in [0.1, 0.15) is 19.5 Å². The van der Waals surface area contributed by atoms with Crippen molar-refractivity contribution in [1.29, 1.82) is 0 Å². The second-order valence-electron chi connectivity index (χ2n) is 5.31. The van der Waals surface area contributed by atoms with Gasteiger partial charge in [-0.3, -0.25) is 9.98 Å². The van der Waals surface area contributed by atoms with Crippen LogP contribution >= 0.6 is 0 Å². The van der Waals surface area contributed by atoms with Crippen molar-refractivity contribution in [3.8, 4) is 0 Å². The maximum absolute atomic E-state index is 4.27. The van der Waals surface area contributed by atoms with E-state index >= 15 is 0 Å². The molecule has 106 valence electrons. The Morgan fingerprint density at radius 2 is 2.05 bits per heavy atom. The Hall–Kier alpha value is -1.62. The van der Waals surface area contributed by atoms with Gasteiger partial charge < -0.3 is 15.5 Å². The van der Waals surface area contributed by atoms with E-state index in [9.17, 15) is 0 Å². The lowest BCUT2D eigenvalue weighted by atomic mass is 10.0. The van der Waals surface area contributed by atoms with Gasteiger partial charge in [-0.1, -0.05) is 6.07 Å². The number of nitrogens with one attached hydrogen (secondary N) is 2. The molecule has 0 unspecified atom stereocenters. The minimum absolute atomic E-state index is 0.0720. The van der Waals surface area contributed by atoms with Gasteiger partial charge in [-0.05, 0) is 40.1 Å². The van der Waals surface area contributed by atoms with Crippen molar-refractivity contribution in [2.24, 2.45) is 4.99 Å². The first kappa shape index (κ1) is 15.4. The molecule has 2 N–H and O–H groups in total. The van der Waals surface area contributed by atoms with Crippen molar-refractivity contribution in [2.45, 2.75) is 25.9 Å². The normalized spacial score (nSPS) is 12.6. The summed E-state index contributed by atoms with van der Waals surface area (Å²) in [5, 5.41) is 6.59. The molecule has 1 aromatic rings. The summed E-state index contributed by atoms with van der Waals surface area (Å²) in [6, 6.07) is 5.88. The zero-order valence-electron chi connectivity index (χ0n) is 12.6. The Bertz CT molecular complexity index is 398. The van der Waals surface area contributed by atoms with E-state index in [4.69, 9.17) is 0 Å². The van der Waals surface area contributed by atoms with Crippen LogP contribution in [-0.4, -0.2) is 49.1 Å². The van der Waals surface area contributed by atoms with Crippen molar-refractivity contribution in [3.05, 3.63) is 30.1 Å². The van der Waals surface area contributed by atoms with Crippen molar-refractivity contribution >= 4 is 5.96 Å².